The van der Waals surface area contributed by atoms with Crippen LogP contribution >= 0.6 is 23.2 Å². The highest BCUT2D eigenvalue weighted by Gasteiger charge is 2.33. The van der Waals surface area contributed by atoms with E-state index in [1.54, 1.807) is 36.4 Å². The fourth-order valence-corrected chi connectivity index (χ4v) is 9.54. The first kappa shape index (κ1) is 43.4. The lowest BCUT2D eigenvalue weighted by molar-refractivity contribution is -0.384. The number of hydrogen-bond acceptors (Lipinski definition) is 10. The summed E-state index contributed by atoms with van der Waals surface area (Å²) >= 11 is 12.7. The Labute approximate surface area is 362 Å². The summed E-state index contributed by atoms with van der Waals surface area (Å²) in [6.07, 6.45) is 4.71. The molecule has 2 heterocycles. The van der Waals surface area contributed by atoms with Crippen molar-refractivity contribution in [3.05, 3.63) is 122 Å². The van der Waals surface area contributed by atoms with Gasteiger partial charge in [0.2, 0.25) is 0 Å². The smallest absolute Gasteiger partial charge is 0.293 e. The molecule has 1 aliphatic carbocycles. The number of piperazine rings is 1. The van der Waals surface area contributed by atoms with E-state index in [4.69, 9.17) is 27.9 Å². The van der Waals surface area contributed by atoms with Crippen molar-refractivity contribution >= 4 is 61.8 Å². The molecular weight excluding hydrogens is 824 g/mol. The second-order valence-corrected chi connectivity index (χ2v) is 19.8. The number of sulfonamides is 1. The van der Waals surface area contributed by atoms with Crippen molar-refractivity contribution in [2.45, 2.75) is 63.3 Å². The third-order valence-corrected chi connectivity index (χ3v) is 13.9. The van der Waals surface area contributed by atoms with E-state index in [0.29, 0.717) is 5.02 Å². The van der Waals surface area contributed by atoms with Gasteiger partial charge in [-0.25, -0.2) is 13.1 Å². The van der Waals surface area contributed by atoms with Gasteiger partial charge >= 0.3 is 0 Å². The second-order valence-electron chi connectivity index (χ2n) is 17.3. The lowest BCUT2D eigenvalue weighted by Gasteiger charge is -2.39. The fraction of sp³-hybridized carbons (Fsp3) is 0.400. The Morgan fingerprint density at radius 2 is 1.57 bits per heavy atom. The lowest BCUT2D eigenvalue weighted by atomic mass is 9.72. The van der Waals surface area contributed by atoms with Crippen molar-refractivity contribution in [1.29, 1.82) is 0 Å². The van der Waals surface area contributed by atoms with Crippen LogP contribution in [-0.4, -0.2) is 87.4 Å². The first-order valence-corrected chi connectivity index (χ1v) is 22.5. The molecule has 0 bridgehead atoms. The molecule has 4 aromatic rings. The molecule has 2 fully saturated rings. The van der Waals surface area contributed by atoms with Crippen LogP contribution in [0.15, 0.2) is 95.4 Å². The molecule has 12 nitrogen and oxygen atoms in total. The maximum atomic E-state index is 13.9. The van der Waals surface area contributed by atoms with E-state index in [-0.39, 0.29) is 28.2 Å². The molecule has 0 saturated carbocycles. The van der Waals surface area contributed by atoms with Gasteiger partial charge in [0.25, 0.3) is 21.6 Å². The summed E-state index contributed by atoms with van der Waals surface area (Å²) in [7, 11) is -2.54. The van der Waals surface area contributed by atoms with Crippen molar-refractivity contribution in [2.75, 3.05) is 63.1 Å². The molecule has 7 rings (SSSR count). The summed E-state index contributed by atoms with van der Waals surface area (Å²) in [6.45, 7) is 12.3. The number of hydrogen-bond donors (Lipinski definition) is 2. The van der Waals surface area contributed by atoms with Crippen LogP contribution in [0.5, 0.6) is 11.5 Å². The van der Waals surface area contributed by atoms with Gasteiger partial charge in [-0.3, -0.25) is 19.8 Å². The molecule has 0 radical (unpaired) electrons. The number of benzene rings is 4. The van der Waals surface area contributed by atoms with Crippen molar-refractivity contribution in [3.8, 4) is 11.5 Å². The van der Waals surface area contributed by atoms with Gasteiger partial charge in [-0.15, -0.1) is 0 Å². The van der Waals surface area contributed by atoms with Gasteiger partial charge in [0, 0.05) is 74.2 Å². The lowest BCUT2D eigenvalue weighted by Crippen LogP contribution is -2.47. The third-order valence-electron chi connectivity index (χ3n) is 12.0. The molecular formula is C45H52Cl2N6O6S. The predicted octanol–water partition coefficient (Wildman–Crippen LogP) is 9.49. The first-order chi connectivity index (χ1) is 28.5. The average Bonchev–Trinajstić information content (AvgIpc) is 3.21. The van der Waals surface area contributed by atoms with Crippen molar-refractivity contribution in [1.82, 2.24) is 14.5 Å². The molecule has 15 heteroatoms. The number of likely N-dealkylation sites (tertiary alicyclic amines) is 1. The SMILES string of the molecule is CN1CCC(C)(Nc2ccc(S(=O)(=O)NC(=O)c3ccc(N4CCN(CC5=C(c6ccc(Cl)cc6)CC(C)(C)CC5)CC4)cc3Oc3ccccc3Cl)cc2[N+](=O)[O-])CC1. The Hall–Kier alpha value is -4.66. The third kappa shape index (κ3) is 10.3. The topological polar surface area (TPSA) is 137 Å². The Morgan fingerprint density at radius 3 is 2.25 bits per heavy atom. The quantitative estimate of drug-likeness (QED) is 0.105. The van der Waals surface area contributed by atoms with Crippen molar-refractivity contribution < 1.29 is 22.9 Å². The molecule has 2 saturated heterocycles. The minimum atomic E-state index is -4.56. The summed E-state index contributed by atoms with van der Waals surface area (Å²) in [5.74, 6) is -0.566. The zero-order valence-corrected chi connectivity index (χ0v) is 36.8. The second kappa shape index (κ2) is 17.7. The summed E-state index contributed by atoms with van der Waals surface area (Å²) < 4.78 is 35.7. The number of carbonyl (C=O) groups excluding carboxylic acids is 1. The minimum Gasteiger partial charge on any atom is -0.455 e. The zero-order valence-electron chi connectivity index (χ0n) is 34.5. The summed E-state index contributed by atoms with van der Waals surface area (Å²) in [4.78, 5) is 31.9. The highest BCUT2D eigenvalue weighted by molar-refractivity contribution is 7.90. The predicted molar refractivity (Wildman–Crippen MR) is 239 cm³/mol. The first-order valence-electron chi connectivity index (χ1n) is 20.3. The van der Waals surface area contributed by atoms with Crippen LogP contribution in [0.4, 0.5) is 17.1 Å². The van der Waals surface area contributed by atoms with Gasteiger partial charge in [0.1, 0.15) is 17.2 Å². The normalized spacial score (nSPS) is 18.5. The number of carbonyl (C=O) groups is 1. The van der Waals surface area contributed by atoms with Gasteiger partial charge in [0.15, 0.2) is 0 Å². The monoisotopic (exact) mass is 874 g/mol. The Bertz CT molecular complexity index is 2390. The van der Waals surface area contributed by atoms with Crippen LogP contribution < -0.4 is 19.7 Å². The number of nitro benzene ring substituents is 1. The van der Waals surface area contributed by atoms with E-state index in [0.717, 1.165) is 94.7 Å². The van der Waals surface area contributed by atoms with E-state index in [1.807, 2.05) is 26.1 Å². The van der Waals surface area contributed by atoms with Crippen LogP contribution in [0.2, 0.25) is 10.0 Å². The van der Waals surface area contributed by atoms with E-state index < -0.39 is 37.0 Å². The Kier molecular flexibility index (Phi) is 12.8. The minimum absolute atomic E-state index is 0.0502. The number of nitro groups is 1. The maximum absolute atomic E-state index is 13.9. The molecule has 3 aliphatic rings. The van der Waals surface area contributed by atoms with Crippen LogP contribution in [0.3, 0.4) is 0 Å². The Morgan fingerprint density at radius 1 is 0.867 bits per heavy atom. The van der Waals surface area contributed by atoms with Gasteiger partial charge < -0.3 is 19.9 Å². The molecule has 4 aromatic carbocycles. The highest BCUT2D eigenvalue weighted by atomic mass is 35.5. The molecule has 2 aliphatic heterocycles. The Balaban J connectivity index is 1.09. The van der Waals surface area contributed by atoms with E-state index in [1.165, 1.54) is 34.9 Å². The van der Waals surface area contributed by atoms with E-state index >= 15 is 0 Å². The molecule has 2 N–H and O–H groups in total. The maximum Gasteiger partial charge on any atom is 0.293 e. The molecule has 318 valence electrons. The number of rotatable bonds is 12. The number of ether oxygens (including phenoxy) is 1. The van der Waals surface area contributed by atoms with Gasteiger partial charge in [0.05, 0.1) is 20.4 Å². The van der Waals surface area contributed by atoms with Gasteiger partial charge in [-0.05, 0) is 111 Å². The van der Waals surface area contributed by atoms with E-state index in [2.05, 4.69) is 50.7 Å². The van der Waals surface area contributed by atoms with Crippen LogP contribution in [0, 0.1) is 15.5 Å². The standard InChI is InChI=1S/C45H52Cl2N6O6S/c1-44(2)18-17-32(37(29-44)31-9-11-33(46)12-10-31)30-51-23-25-52(26-24-51)34-13-15-36(42(27-34)59-41-8-6-5-7-38(41)47)43(54)49-60(57,58)35-14-16-39(40(28-35)53(55)56)48-45(3)19-21-50(4)22-20-45/h5-16,27-28,48H,17-26,29-30H2,1-4H3,(H,49,54). The highest BCUT2D eigenvalue weighted by Crippen LogP contribution is 2.44. The molecule has 0 aromatic heterocycles. The summed E-state index contributed by atoms with van der Waals surface area (Å²) in [5.41, 5.74) is 4.48. The summed E-state index contributed by atoms with van der Waals surface area (Å²) in [5, 5.41) is 16.5. The number of anilines is 2. The number of piperidine rings is 1. The molecule has 1 amide bonds. The number of halogens is 2. The molecule has 0 spiro atoms. The fourth-order valence-electron chi connectivity index (χ4n) is 8.26. The van der Waals surface area contributed by atoms with Gasteiger partial charge in [-0.2, -0.15) is 0 Å². The van der Waals surface area contributed by atoms with Gasteiger partial charge in [-0.1, -0.05) is 66.9 Å². The molecule has 0 atom stereocenters. The largest absolute Gasteiger partial charge is 0.455 e. The molecule has 0 unspecified atom stereocenters. The van der Waals surface area contributed by atoms with Crippen LogP contribution in [0.1, 0.15) is 68.8 Å². The zero-order chi connectivity index (χ0) is 42.8. The molecule has 60 heavy (non-hydrogen) atoms. The van der Waals surface area contributed by atoms with Crippen molar-refractivity contribution in [3.63, 3.8) is 0 Å². The number of para-hydroxylation sites is 1. The summed E-state index contributed by atoms with van der Waals surface area (Å²) in [6, 6.07) is 23.6. The number of nitrogens with one attached hydrogen (secondary N) is 2. The van der Waals surface area contributed by atoms with Crippen LogP contribution in [-0.2, 0) is 10.0 Å². The van der Waals surface area contributed by atoms with Crippen molar-refractivity contribution in [2.24, 2.45) is 5.41 Å². The number of allylic oxidation sites excluding steroid dienone is 1. The van der Waals surface area contributed by atoms with E-state index in [9.17, 15) is 23.3 Å². The number of amides is 1. The average molecular weight is 876 g/mol. The van der Waals surface area contributed by atoms with Crippen LogP contribution in [0.25, 0.3) is 5.57 Å². The number of nitrogens with zero attached hydrogens (tertiary/aromatic N) is 4.